The molecular weight excluding hydrogens is 394 g/mol. The fraction of sp³-hybridized carbons (Fsp3) is 0.444. The van der Waals surface area contributed by atoms with Crippen molar-refractivity contribution in [3.8, 4) is 0 Å². The summed E-state index contributed by atoms with van der Waals surface area (Å²) >= 11 is 0. The largest absolute Gasteiger partial charge is 0.354 e. The van der Waals surface area contributed by atoms with Crippen molar-refractivity contribution >= 4 is 17.6 Å². The summed E-state index contributed by atoms with van der Waals surface area (Å²) in [5.74, 6) is 1.67. The van der Waals surface area contributed by atoms with Crippen LogP contribution in [0, 0.1) is 18.3 Å². The van der Waals surface area contributed by atoms with Gasteiger partial charge in [-0.15, -0.1) is 0 Å². The van der Waals surface area contributed by atoms with E-state index < -0.39 is 0 Å². The average Bonchev–Trinajstić information content (AvgIpc) is 2.79. The van der Waals surface area contributed by atoms with Crippen LogP contribution in [0.5, 0.6) is 0 Å². The minimum Gasteiger partial charge on any atom is -0.354 e. The lowest BCUT2D eigenvalue weighted by Crippen LogP contribution is -2.50. The van der Waals surface area contributed by atoms with E-state index >= 15 is 0 Å². The molecule has 2 aromatic heterocycles. The quantitative estimate of drug-likeness (QED) is 0.452. The number of hydrogen-bond donors (Lipinski definition) is 1. The number of rotatable bonds is 8. The van der Waals surface area contributed by atoms with E-state index in [9.17, 15) is 0 Å². The zero-order valence-electron chi connectivity index (χ0n) is 20.2. The Labute approximate surface area is 193 Å². The monoisotopic (exact) mass is 431 g/mol. The zero-order valence-corrected chi connectivity index (χ0v) is 20.2. The van der Waals surface area contributed by atoms with E-state index in [0.717, 1.165) is 54.7 Å². The number of hydrogen-bond acceptors (Lipinski definition) is 5. The molecule has 5 heteroatoms. The van der Waals surface area contributed by atoms with Crippen molar-refractivity contribution in [3.05, 3.63) is 71.2 Å². The van der Waals surface area contributed by atoms with Crippen LogP contribution in [-0.2, 0) is 0 Å². The van der Waals surface area contributed by atoms with E-state index in [1.807, 2.05) is 50.3 Å². The fourth-order valence-electron chi connectivity index (χ4n) is 4.34. The summed E-state index contributed by atoms with van der Waals surface area (Å²) in [6, 6.07) is 8.63. The first-order valence-electron chi connectivity index (χ1n) is 11.7. The van der Waals surface area contributed by atoms with Crippen LogP contribution in [0.3, 0.4) is 0 Å². The number of aromatic nitrogens is 2. The Morgan fingerprint density at radius 1 is 1.09 bits per heavy atom. The van der Waals surface area contributed by atoms with Crippen LogP contribution in [0.25, 0.3) is 6.08 Å². The summed E-state index contributed by atoms with van der Waals surface area (Å²) in [5, 5.41) is 8.92. The van der Waals surface area contributed by atoms with Crippen LogP contribution in [0.4, 0.5) is 5.82 Å². The van der Waals surface area contributed by atoms with Gasteiger partial charge >= 0.3 is 0 Å². The molecule has 170 valence electrons. The van der Waals surface area contributed by atoms with Crippen LogP contribution in [0.2, 0.25) is 0 Å². The lowest BCUT2D eigenvalue weighted by atomic mass is 10.0. The minimum absolute atomic E-state index is 0.418. The summed E-state index contributed by atoms with van der Waals surface area (Å²) in [7, 11) is 0. The lowest BCUT2D eigenvalue weighted by Gasteiger charge is -2.39. The van der Waals surface area contributed by atoms with Crippen molar-refractivity contribution < 1.29 is 0 Å². The van der Waals surface area contributed by atoms with E-state index in [4.69, 9.17) is 10.4 Å². The summed E-state index contributed by atoms with van der Waals surface area (Å²) in [5.41, 5.74) is 3.74. The van der Waals surface area contributed by atoms with Gasteiger partial charge in [-0.05, 0) is 57.4 Å². The first kappa shape index (κ1) is 23.9. The molecule has 0 unspecified atom stereocenters. The first-order chi connectivity index (χ1) is 15.4. The van der Waals surface area contributed by atoms with E-state index in [2.05, 4.69) is 47.7 Å². The van der Waals surface area contributed by atoms with E-state index in [1.165, 1.54) is 6.42 Å². The molecule has 0 aromatic carbocycles. The number of aryl methyl sites for hydroxylation is 1. The maximum Gasteiger partial charge on any atom is 0.129 e. The third kappa shape index (κ3) is 5.92. The van der Waals surface area contributed by atoms with Gasteiger partial charge in [-0.1, -0.05) is 38.2 Å². The molecule has 0 radical (unpaired) electrons. The highest BCUT2D eigenvalue weighted by Crippen LogP contribution is 2.23. The topological polar surface area (TPSA) is 56.1 Å². The SMILES string of the molecule is CC=CC=Cc1ccc(N2CCN([C@H](C)CC(C)C)CC2)nc1C(=N)c1cccnc1C. The van der Waals surface area contributed by atoms with E-state index in [1.54, 1.807) is 6.20 Å². The molecule has 1 N–H and O–H groups in total. The maximum absolute atomic E-state index is 8.92. The summed E-state index contributed by atoms with van der Waals surface area (Å²) in [6.07, 6.45) is 11.0. The van der Waals surface area contributed by atoms with Crippen LogP contribution in [0.1, 0.15) is 56.6 Å². The Balaban J connectivity index is 1.85. The molecule has 0 bridgehead atoms. The van der Waals surface area contributed by atoms with Crippen molar-refractivity contribution in [3.63, 3.8) is 0 Å². The van der Waals surface area contributed by atoms with Gasteiger partial charge < -0.3 is 4.90 Å². The Morgan fingerprint density at radius 2 is 1.84 bits per heavy atom. The highest BCUT2D eigenvalue weighted by atomic mass is 15.3. The highest BCUT2D eigenvalue weighted by Gasteiger charge is 2.23. The minimum atomic E-state index is 0.418. The van der Waals surface area contributed by atoms with Gasteiger partial charge in [-0.3, -0.25) is 15.3 Å². The van der Waals surface area contributed by atoms with Gasteiger partial charge in [0, 0.05) is 55.2 Å². The molecule has 0 spiro atoms. The lowest BCUT2D eigenvalue weighted by molar-refractivity contribution is 0.176. The first-order valence-corrected chi connectivity index (χ1v) is 11.7. The maximum atomic E-state index is 8.92. The Hall–Kier alpha value is -2.79. The molecule has 3 rings (SSSR count). The van der Waals surface area contributed by atoms with Crippen LogP contribution in [0.15, 0.2) is 48.7 Å². The predicted octanol–water partition coefficient (Wildman–Crippen LogP) is 5.35. The molecule has 1 aliphatic rings. The fourth-order valence-corrected chi connectivity index (χ4v) is 4.34. The molecule has 1 fully saturated rings. The van der Waals surface area contributed by atoms with Crippen LogP contribution >= 0.6 is 0 Å². The smallest absolute Gasteiger partial charge is 0.129 e. The molecular formula is C27H37N5. The van der Waals surface area contributed by atoms with E-state index in [0.29, 0.717) is 17.4 Å². The molecule has 32 heavy (non-hydrogen) atoms. The normalized spacial score (nSPS) is 16.4. The van der Waals surface area contributed by atoms with Gasteiger partial charge in [0.1, 0.15) is 5.82 Å². The van der Waals surface area contributed by atoms with Gasteiger partial charge in [0.2, 0.25) is 0 Å². The molecule has 1 saturated heterocycles. The van der Waals surface area contributed by atoms with Crippen molar-refractivity contribution in [2.45, 2.75) is 47.1 Å². The van der Waals surface area contributed by atoms with Gasteiger partial charge in [-0.25, -0.2) is 4.98 Å². The van der Waals surface area contributed by atoms with Crippen molar-refractivity contribution in [1.82, 2.24) is 14.9 Å². The molecule has 5 nitrogen and oxygen atoms in total. The number of piperazine rings is 1. The second-order valence-electron chi connectivity index (χ2n) is 9.01. The van der Waals surface area contributed by atoms with E-state index in [-0.39, 0.29) is 0 Å². The molecule has 1 atom stereocenters. The molecule has 3 heterocycles. The van der Waals surface area contributed by atoms with Crippen molar-refractivity contribution in [2.24, 2.45) is 5.92 Å². The van der Waals surface area contributed by atoms with Crippen LogP contribution < -0.4 is 4.90 Å². The van der Waals surface area contributed by atoms with Gasteiger partial charge in [0.05, 0.1) is 11.4 Å². The second kappa shape index (κ2) is 11.2. The number of pyridine rings is 2. The number of nitrogens with zero attached hydrogens (tertiary/aromatic N) is 4. The Bertz CT molecular complexity index is 968. The third-order valence-corrected chi connectivity index (χ3v) is 6.08. The average molecular weight is 432 g/mol. The predicted molar refractivity (Wildman–Crippen MR) is 136 cm³/mol. The molecule has 0 amide bonds. The van der Waals surface area contributed by atoms with Crippen LogP contribution in [-0.4, -0.2) is 52.8 Å². The summed E-state index contributed by atoms with van der Waals surface area (Å²) in [4.78, 5) is 14.3. The number of nitrogens with one attached hydrogen (secondary N) is 1. The van der Waals surface area contributed by atoms with Gasteiger partial charge in [-0.2, -0.15) is 0 Å². The summed E-state index contributed by atoms with van der Waals surface area (Å²) < 4.78 is 0. The number of allylic oxidation sites excluding steroid dienone is 3. The standard InChI is InChI=1S/C27H37N5/c1-6-7-8-10-23-12-13-25(30-27(23)26(28)24-11-9-14-29-22(24)5)32-17-15-31(16-18-32)21(4)19-20(2)3/h6-14,20-21,28H,15-19H2,1-5H3/t21-/m1/s1. The second-order valence-corrected chi connectivity index (χ2v) is 9.01. The molecule has 0 saturated carbocycles. The zero-order chi connectivity index (χ0) is 23.1. The Morgan fingerprint density at radius 3 is 2.50 bits per heavy atom. The Kier molecular flexibility index (Phi) is 8.34. The molecule has 1 aliphatic heterocycles. The summed E-state index contributed by atoms with van der Waals surface area (Å²) in [6.45, 7) is 14.9. The number of anilines is 1. The van der Waals surface area contributed by atoms with Crippen molar-refractivity contribution in [1.29, 1.82) is 5.41 Å². The highest BCUT2D eigenvalue weighted by molar-refractivity contribution is 6.12. The van der Waals surface area contributed by atoms with Crippen molar-refractivity contribution in [2.75, 3.05) is 31.1 Å². The van der Waals surface area contributed by atoms with Gasteiger partial charge in [0.25, 0.3) is 0 Å². The molecule has 0 aliphatic carbocycles. The van der Waals surface area contributed by atoms with Gasteiger partial charge in [0.15, 0.2) is 0 Å². The molecule has 2 aromatic rings. The third-order valence-electron chi connectivity index (χ3n) is 6.08.